The molecule has 5 nitrogen and oxygen atoms in total. The van der Waals surface area contributed by atoms with E-state index in [0.29, 0.717) is 23.6 Å². The average Bonchev–Trinajstić information content (AvgIpc) is 3.54. The Morgan fingerprint density at radius 1 is 1.07 bits per heavy atom. The van der Waals surface area contributed by atoms with Gasteiger partial charge in [-0.05, 0) is 66.0 Å². The number of amides is 1. The number of aromatic nitrogens is 1. The molecule has 1 aliphatic rings. The number of carbonyl (C=O) groups excluding carboxylic acids is 1. The lowest BCUT2D eigenvalue weighted by Gasteiger charge is -2.33. The molecule has 0 bridgehead atoms. The molecule has 5 aromatic rings. The fourth-order valence-corrected chi connectivity index (χ4v) is 7.21. The normalized spacial score (nSPS) is 15.0. The van der Waals surface area contributed by atoms with E-state index in [-0.39, 0.29) is 11.3 Å². The van der Waals surface area contributed by atoms with Crippen LogP contribution < -0.4 is 5.32 Å². The summed E-state index contributed by atoms with van der Waals surface area (Å²) in [5.41, 5.74) is 6.55. The van der Waals surface area contributed by atoms with Crippen LogP contribution in [0.3, 0.4) is 0 Å². The second-order valence-electron chi connectivity index (χ2n) is 12.1. The van der Waals surface area contributed by atoms with Gasteiger partial charge in [-0.3, -0.25) is 4.79 Å². The number of fused-ring (bicyclic) bond motifs is 2. The Morgan fingerprint density at radius 2 is 1.81 bits per heavy atom. The number of anilines is 1. The summed E-state index contributed by atoms with van der Waals surface area (Å²) in [5.74, 6) is 0.468. The summed E-state index contributed by atoms with van der Waals surface area (Å²) < 4.78 is 2.17. The summed E-state index contributed by atoms with van der Waals surface area (Å²) in [4.78, 5) is 20.0. The average molecular weight is 571 g/mol. The molecule has 42 heavy (non-hydrogen) atoms. The third kappa shape index (κ3) is 5.53. The van der Waals surface area contributed by atoms with Gasteiger partial charge in [-0.2, -0.15) is 5.26 Å². The molecule has 0 fully saturated rings. The minimum Gasteiger partial charge on any atom is -0.342 e. The summed E-state index contributed by atoms with van der Waals surface area (Å²) in [6, 6.07) is 27.9. The summed E-state index contributed by atoms with van der Waals surface area (Å²) in [6.07, 6.45) is 6.92. The second kappa shape index (κ2) is 11.4. The SMILES string of the molecule is CC(C)(C)[C@H]1CCc2c(sc(N=Cc3cn(Cc4ccccc4C#N)c4ccccc34)c2C(=O)Nc2ccccc2)C1. The van der Waals surface area contributed by atoms with E-state index in [1.54, 1.807) is 11.3 Å². The second-order valence-corrected chi connectivity index (χ2v) is 13.2. The molecule has 0 saturated carbocycles. The molecular formula is C36H34N4OS. The lowest BCUT2D eigenvalue weighted by molar-refractivity contribution is 0.102. The van der Waals surface area contributed by atoms with Crippen LogP contribution in [0.15, 0.2) is 90.1 Å². The molecular weight excluding hydrogens is 536 g/mol. The molecule has 210 valence electrons. The maximum absolute atomic E-state index is 13.7. The number of aliphatic imine (C=N–C) groups is 1. The fourth-order valence-electron chi connectivity index (χ4n) is 5.94. The third-order valence-electron chi connectivity index (χ3n) is 8.35. The molecule has 2 heterocycles. The van der Waals surface area contributed by atoms with Gasteiger partial charge in [0.05, 0.1) is 17.2 Å². The maximum atomic E-state index is 13.7. The largest absolute Gasteiger partial charge is 0.342 e. The first-order valence-corrected chi connectivity index (χ1v) is 15.2. The van der Waals surface area contributed by atoms with Crippen LogP contribution in [0.5, 0.6) is 0 Å². The van der Waals surface area contributed by atoms with Crippen LogP contribution in [0, 0.1) is 22.7 Å². The molecule has 0 aliphatic heterocycles. The quantitative estimate of drug-likeness (QED) is 0.207. The minimum absolute atomic E-state index is 0.101. The number of hydrogen-bond acceptors (Lipinski definition) is 4. The summed E-state index contributed by atoms with van der Waals surface area (Å²) >= 11 is 1.66. The van der Waals surface area contributed by atoms with Crippen LogP contribution in [0.25, 0.3) is 10.9 Å². The van der Waals surface area contributed by atoms with Crippen molar-refractivity contribution < 1.29 is 4.79 Å². The number of thiophene rings is 1. The number of carbonyl (C=O) groups is 1. The standard InChI is InChI=1S/C36H34N4OS/c1-36(2,3)27-17-18-30-32(19-27)42-35(33(30)34(41)39-28-13-5-4-6-14-28)38-21-26-23-40(31-16-10-9-15-29(26)31)22-25-12-8-7-11-24(25)20-37/h4-16,21,23,27H,17-19,22H2,1-3H3,(H,39,41)/t27-/m0/s1. The minimum atomic E-state index is -0.101. The highest BCUT2D eigenvalue weighted by Gasteiger charge is 2.33. The molecule has 0 radical (unpaired) electrons. The molecule has 0 spiro atoms. The van der Waals surface area contributed by atoms with E-state index in [0.717, 1.165) is 57.5 Å². The van der Waals surface area contributed by atoms with E-state index in [1.807, 2.05) is 72.9 Å². The first-order chi connectivity index (χ1) is 20.3. The van der Waals surface area contributed by atoms with Crippen molar-refractivity contribution >= 4 is 45.0 Å². The van der Waals surface area contributed by atoms with E-state index in [4.69, 9.17) is 4.99 Å². The van der Waals surface area contributed by atoms with Crippen molar-refractivity contribution in [2.24, 2.45) is 16.3 Å². The van der Waals surface area contributed by atoms with E-state index in [2.05, 4.69) is 55.1 Å². The first-order valence-electron chi connectivity index (χ1n) is 14.4. The van der Waals surface area contributed by atoms with Crippen LogP contribution in [0.4, 0.5) is 10.7 Å². The molecule has 1 atom stereocenters. The predicted octanol–water partition coefficient (Wildman–Crippen LogP) is 8.78. The van der Waals surface area contributed by atoms with Gasteiger partial charge in [0.25, 0.3) is 5.91 Å². The number of hydrogen-bond donors (Lipinski definition) is 1. The van der Waals surface area contributed by atoms with Crippen molar-refractivity contribution in [3.8, 4) is 6.07 Å². The summed E-state index contributed by atoms with van der Waals surface area (Å²) in [7, 11) is 0. The zero-order valence-electron chi connectivity index (χ0n) is 24.2. The van der Waals surface area contributed by atoms with Gasteiger partial charge >= 0.3 is 0 Å². The number of nitriles is 1. The van der Waals surface area contributed by atoms with Crippen LogP contribution >= 0.6 is 11.3 Å². The molecule has 0 saturated heterocycles. The van der Waals surface area contributed by atoms with E-state index in [9.17, 15) is 10.1 Å². The lowest BCUT2D eigenvalue weighted by Crippen LogP contribution is -2.27. The molecule has 0 unspecified atom stereocenters. The number of para-hydroxylation sites is 2. The molecule has 1 N–H and O–H groups in total. The lowest BCUT2D eigenvalue weighted by atomic mass is 9.72. The van der Waals surface area contributed by atoms with Crippen LogP contribution in [-0.2, 0) is 19.4 Å². The van der Waals surface area contributed by atoms with Gasteiger partial charge < -0.3 is 9.88 Å². The van der Waals surface area contributed by atoms with Crippen molar-refractivity contribution in [1.29, 1.82) is 5.26 Å². The Balaban J connectivity index is 1.39. The van der Waals surface area contributed by atoms with Gasteiger partial charge in [0.1, 0.15) is 5.00 Å². The highest BCUT2D eigenvalue weighted by molar-refractivity contribution is 7.16. The Hall–Kier alpha value is -4.47. The maximum Gasteiger partial charge on any atom is 0.259 e. The molecule has 1 aliphatic carbocycles. The molecule has 1 amide bonds. The van der Waals surface area contributed by atoms with Crippen LogP contribution in [0.2, 0.25) is 0 Å². The zero-order valence-corrected chi connectivity index (χ0v) is 25.0. The van der Waals surface area contributed by atoms with E-state index < -0.39 is 0 Å². The van der Waals surface area contributed by atoms with E-state index in [1.165, 1.54) is 4.88 Å². The summed E-state index contributed by atoms with van der Waals surface area (Å²) in [5, 5.41) is 14.6. The van der Waals surface area contributed by atoms with Crippen LogP contribution in [0.1, 0.15) is 64.7 Å². The van der Waals surface area contributed by atoms with Gasteiger partial charge in [0.2, 0.25) is 0 Å². The topological polar surface area (TPSA) is 70.2 Å². The number of rotatable bonds is 6. The molecule has 6 rings (SSSR count). The third-order valence-corrected chi connectivity index (χ3v) is 9.51. The highest BCUT2D eigenvalue weighted by atomic mass is 32.1. The molecule has 3 aromatic carbocycles. The highest BCUT2D eigenvalue weighted by Crippen LogP contribution is 2.45. The number of nitrogens with one attached hydrogen (secondary N) is 1. The van der Waals surface area contributed by atoms with Gasteiger partial charge in [0, 0.05) is 46.0 Å². The smallest absolute Gasteiger partial charge is 0.259 e. The van der Waals surface area contributed by atoms with Crippen molar-refractivity contribution in [2.45, 2.75) is 46.6 Å². The number of benzene rings is 3. The van der Waals surface area contributed by atoms with Gasteiger partial charge in [0.15, 0.2) is 0 Å². The molecule has 2 aromatic heterocycles. The fraction of sp³-hybridized carbons (Fsp3) is 0.250. The molecule has 6 heteroatoms. The monoisotopic (exact) mass is 570 g/mol. The zero-order chi connectivity index (χ0) is 29.3. The Bertz CT molecular complexity index is 1830. The predicted molar refractivity (Wildman–Crippen MR) is 173 cm³/mol. The summed E-state index contributed by atoms with van der Waals surface area (Å²) in [6.45, 7) is 7.51. The van der Waals surface area contributed by atoms with Gasteiger partial charge in [-0.1, -0.05) is 75.4 Å². The van der Waals surface area contributed by atoms with Gasteiger partial charge in [-0.25, -0.2) is 4.99 Å². The van der Waals surface area contributed by atoms with Crippen LogP contribution in [-0.4, -0.2) is 16.7 Å². The van der Waals surface area contributed by atoms with Crippen molar-refractivity contribution in [2.75, 3.05) is 5.32 Å². The van der Waals surface area contributed by atoms with E-state index >= 15 is 0 Å². The van der Waals surface area contributed by atoms with Crippen molar-refractivity contribution in [3.63, 3.8) is 0 Å². The Kier molecular flexibility index (Phi) is 7.53. The van der Waals surface area contributed by atoms with Crippen molar-refractivity contribution in [3.05, 3.63) is 118 Å². The number of nitrogens with zero attached hydrogens (tertiary/aromatic N) is 3. The first kappa shape index (κ1) is 27.7. The Morgan fingerprint density at radius 3 is 2.60 bits per heavy atom. The Labute approximate surface area is 251 Å². The van der Waals surface area contributed by atoms with Crippen molar-refractivity contribution in [1.82, 2.24) is 4.57 Å². The van der Waals surface area contributed by atoms with Gasteiger partial charge in [-0.15, -0.1) is 11.3 Å².